The van der Waals surface area contributed by atoms with Gasteiger partial charge in [-0.3, -0.25) is 9.89 Å². The molecule has 2 N–H and O–H groups in total. The molecule has 2 fully saturated rings. The van der Waals surface area contributed by atoms with E-state index in [2.05, 4.69) is 42.3 Å². The molecule has 3 rings (SSSR count). The molecule has 2 aliphatic heterocycles. The van der Waals surface area contributed by atoms with Gasteiger partial charge >= 0.3 is 0 Å². The maximum atomic E-state index is 5.79. The summed E-state index contributed by atoms with van der Waals surface area (Å²) < 4.78 is 11.1. The minimum Gasteiger partial charge on any atom is -0.379 e. The van der Waals surface area contributed by atoms with E-state index in [1.165, 1.54) is 0 Å². The molecular weight excluding hydrogens is 370 g/mol. The Labute approximate surface area is 173 Å². The maximum Gasteiger partial charge on any atom is 0.225 e. The van der Waals surface area contributed by atoms with Crippen LogP contribution < -0.4 is 15.5 Å². The number of piperazine rings is 1. The SMILES string of the molecule is CCNC(=NCCCOC1CCOC1)NCCN1CCN(c2ncccn2)CC1. The predicted molar refractivity (Wildman–Crippen MR) is 114 cm³/mol. The highest BCUT2D eigenvalue weighted by atomic mass is 16.5. The lowest BCUT2D eigenvalue weighted by atomic mass is 10.3. The smallest absolute Gasteiger partial charge is 0.225 e. The Morgan fingerprint density at radius 1 is 1.24 bits per heavy atom. The van der Waals surface area contributed by atoms with E-state index in [-0.39, 0.29) is 6.10 Å². The number of rotatable bonds is 10. The fourth-order valence-corrected chi connectivity index (χ4v) is 3.45. The van der Waals surface area contributed by atoms with E-state index in [4.69, 9.17) is 9.47 Å². The van der Waals surface area contributed by atoms with Crippen LogP contribution in [0, 0.1) is 0 Å². The van der Waals surface area contributed by atoms with Crippen molar-refractivity contribution in [3.05, 3.63) is 18.5 Å². The molecule has 1 atom stereocenters. The highest BCUT2D eigenvalue weighted by Crippen LogP contribution is 2.09. The molecule has 0 radical (unpaired) electrons. The van der Waals surface area contributed by atoms with Crippen LogP contribution in [-0.4, -0.2) is 99.1 Å². The van der Waals surface area contributed by atoms with Gasteiger partial charge in [0.15, 0.2) is 5.96 Å². The molecule has 1 unspecified atom stereocenters. The highest BCUT2D eigenvalue weighted by Gasteiger charge is 2.18. The zero-order valence-corrected chi connectivity index (χ0v) is 17.6. The fraction of sp³-hybridized carbons (Fsp3) is 0.750. The molecule has 0 saturated carbocycles. The zero-order chi connectivity index (χ0) is 20.2. The standard InChI is InChI=1S/C20H35N7O2/c1-2-21-19(22-8-4-15-29-18-5-16-28-17-18)23-9-10-26-11-13-27(14-12-26)20-24-6-3-7-25-20/h3,6-7,18H,2,4-5,8-17H2,1H3,(H2,21,22,23). The van der Waals surface area contributed by atoms with Crippen molar-refractivity contribution in [1.82, 2.24) is 25.5 Å². The Bertz CT molecular complexity index is 588. The molecule has 0 aromatic carbocycles. The van der Waals surface area contributed by atoms with Crippen LogP contribution in [0.5, 0.6) is 0 Å². The largest absolute Gasteiger partial charge is 0.379 e. The second-order valence-electron chi connectivity index (χ2n) is 7.27. The summed E-state index contributed by atoms with van der Waals surface area (Å²) in [4.78, 5) is 18.0. The van der Waals surface area contributed by atoms with Crippen molar-refractivity contribution in [3.63, 3.8) is 0 Å². The summed E-state index contributed by atoms with van der Waals surface area (Å²) in [5.41, 5.74) is 0. The lowest BCUT2D eigenvalue weighted by molar-refractivity contribution is 0.0424. The van der Waals surface area contributed by atoms with Crippen molar-refractivity contribution in [1.29, 1.82) is 0 Å². The van der Waals surface area contributed by atoms with Gasteiger partial charge in [-0.05, 0) is 25.8 Å². The molecule has 29 heavy (non-hydrogen) atoms. The van der Waals surface area contributed by atoms with Gasteiger partial charge in [-0.15, -0.1) is 0 Å². The lowest BCUT2D eigenvalue weighted by Crippen LogP contribution is -2.49. The van der Waals surface area contributed by atoms with Gasteiger partial charge in [-0.25, -0.2) is 9.97 Å². The van der Waals surface area contributed by atoms with Crippen molar-refractivity contribution in [2.45, 2.75) is 25.9 Å². The molecular formula is C20H35N7O2. The molecule has 1 aromatic rings. The number of hydrogen-bond donors (Lipinski definition) is 2. The van der Waals surface area contributed by atoms with Gasteiger partial charge in [0.05, 0.1) is 12.7 Å². The van der Waals surface area contributed by atoms with Crippen LogP contribution in [0.4, 0.5) is 5.95 Å². The third kappa shape index (κ3) is 7.75. The number of anilines is 1. The van der Waals surface area contributed by atoms with E-state index in [9.17, 15) is 0 Å². The minimum absolute atomic E-state index is 0.277. The van der Waals surface area contributed by atoms with Gasteiger partial charge in [0.1, 0.15) is 0 Å². The summed E-state index contributed by atoms with van der Waals surface area (Å²) in [6, 6.07) is 1.85. The molecule has 162 valence electrons. The van der Waals surface area contributed by atoms with Crippen molar-refractivity contribution < 1.29 is 9.47 Å². The molecule has 0 amide bonds. The van der Waals surface area contributed by atoms with Crippen molar-refractivity contribution in [2.75, 3.05) is 77.1 Å². The van der Waals surface area contributed by atoms with Gasteiger partial charge < -0.3 is 25.0 Å². The number of hydrogen-bond acceptors (Lipinski definition) is 7. The van der Waals surface area contributed by atoms with Crippen LogP contribution in [-0.2, 0) is 9.47 Å². The Morgan fingerprint density at radius 3 is 2.79 bits per heavy atom. The third-order valence-electron chi connectivity index (χ3n) is 5.09. The molecule has 0 bridgehead atoms. The Hall–Kier alpha value is -1.97. The average molecular weight is 406 g/mol. The van der Waals surface area contributed by atoms with E-state index in [0.717, 1.165) is 96.9 Å². The summed E-state index contributed by atoms with van der Waals surface area (Å²) in [5.74, 6) is 1.71. The highest BCUT2D eigenvalue weighted by molar-refractivity contribution is 5.79. The number of nitrogens with zero attached hydrogens (tertiary/aromatic N) is 5. The fourth-order valence-electron chi connectivity index (χ4n) is 3.45. The molecule has 3 heterocycles. The Balaban J connectivity index is 1.28. The van der Waals surface area contributed by atoms with Crippen LogP contribution >= 0.6 is 0 Å². The summed E-state index contributed by atoms with van der Waals surface area (Å²) in [5, 5.41) is 6.76. The topological polar surface area (TPSA) is 87.1 Å². The van der Waals surface area contributed by atoms with E-state index in [0.29, 0.717) is 0 Å². The summed E-state index contributed by atoms with van der Waals surface area (Å²) in [7, 11) is 0. The van der Waals surface area contributed by atoms with Gasteiger partial charge in [-0.1, -0.05) is 0 Å². The van der Waals surface area contributed by atoms with Crippen molar-refractivity contribution >= 4 is 11.9 Å². The van der Waals surface area contributed by atoms with E-state index >= 15 is 0 Å². The summed E-state index contributed by atoms with van der Waals surface area (Å²) >= 11 is 0. The van der Waals surface area contributed by atoms with E-state index in [1.54, 1.807) is 12.4 Å². The summed E-state index contributed by atoms with van der Waals surface area (Å²) in [6.07, 6.45) is 5.82. The van der Waals surface area contributed by atoms with Gasteiger partial charge in [0.25, 0.3) is 0 Å². The molecule has 9 heteroatoms. The van der Waals surface area contributed by atoms with Crippen LogP contribution in [0.1, 0.15) is 19.8 Å². The summed E-state index contributed by atoms with van der Waals surface area (Å²) in [6.45, 7) is 11.9. The number of nitrogens with one attached hydrogen (secondary N) is 2. The van der Waals surface area contributed by atoms with Crippen LogP contribution in [0.2, 0.25) is 0 Å². The van der Waals surface area contributed by atoms with Gasteiger partial charge in [0, 0.05) is 78.0 Å². The van der Waals surface area contributed by atoms with Crippen molar-refractivity contribution in [2.24, 2.45) is 4.99 Å². The molecule has 0 aliphatic carbocycles. The second-order valence-corrected chi connectivity index (χ2v) is 7.27. The first-order chi connectivity index (χ1) is 14.3. The van der Waals surface area contributed by atoms with Crippen LogP contribution in [0.25, 0.3) is 0 Å². The number of ether oxygens (including phenoxy) is 2. The molecule has 0 spiro atoms. The molecule has 2 aliphatic rings. The molecule has 9 nitrogen and oxygen atoms in total. The zero-order valence-electron chi connectivity index (χ0n) is 17.6. The third-order valence-corrected chi connectivity index (χ3v) is 5.09. The second kappa shape index (κ2) is 12.6. The molecule has 1 aromatic heterocycles. The number of aromatic nitrogens is 2. The monoisotopic (exact) mass is 405 g/mol. The Kier molecular flexibility index (Phi) is 9.41. The lowest BCUT2D eigenvalue weighted by Gasteiger charge is -2.34. The first-order valence-corrected chi connectivity index (χ1v) is 10.8. The minimum atomic E-state index is 0.277. The molecule has 2 saturated heterocycles. The maximum absolute atomic E-state index is 5.79. The first-order valence-electron chi connectivity index (χ1n) is 10.8. The van der Waals surface area contributed by atoms with E-state index < -0.39 is 0 Å². The van der Waals surface area contributed by atoms with Crippen LogP contribution in [0.15, 0.2) is 23.5 Å². The van der Waals surface area contributed by atoms with Crippen LogP contribution in [0.3, 0.4) is 0 Å². The number of guanidine groups is 1. The average Bonchev–Trinajstić information content (AvgIpc) is 3.28. The quantitative estimate of drug-likeness (QED) is 0.328. The predicted octanol–water partition coefficient (Wildman–Crippen LogP) is 0.349. The normalized spacial score (nSPS) is 20.8. The van der Waals surface area contributed by atoms with Crippen molar-refractivity contribution in [3.8, 4) is 0 Å². The van der Waals surface area contributed by atoms with Gasteiger partial charge in [0.2, 0.25) is 5.95 Å². The number of aliphatic imine (C=N–C) groups is 1. The Morgan fingerprint density at radius 2 is 2.07 bits per heavy atom. The first kappa shape index (κ1) is 21.7. The van der Waals surface area contributed by atoms with Gasteiger partial charge in [-0.2, -0.15) is 0 Å². The van der Waals surface area contributed by atoms with E-state index in [1.807, 2.05) is 6.07 Å².